The van der Waals surface area contributed by atoms with E-state index in [9.17, 15) is 4.79 Å². The number of methoxy groups -OCH3 is 1. The average molecular weight is 466 g/mol. The molecular weight excluding hydrogens is 444 g/mol. The maximum Gasteiger partial charge on any atom is 0.230 e. The van der Waals surface area contributed by atoms with Crippen LogP contribution < -0.4 is 10.1 Å². The number of nitrogens with zero attached hydrogens (tertiary/aromatic N) is 3. The van der Waals surface area contributed by atoms with Crippen LogP contribution in [-0.2, 0) is 10.3 Å². The molecule has 4 fully saturated rings. The summed E-state index contributed by atoms with van der Waals surface area (Å²) in [5.41, 5.74) is 0.261. The maximum atomic E-state index is 13.5. The Labute approximate surface area is 177 Å². The number of carbonyl (C=O) groups excluding carboxylic acids is 1. The molecule has 4 saturated carbocycles. The van der Waals surface area contributed by atoms with Crippen molar-refractivity contribution in [2.24, 2.45) is 17.3 Å². The van der Waals surface area contributed by atoms with Crippen molar-refractivity contribution in [3.05, 3.63) is 34.3 Å². The zero-order valence-corrected chi connectivity index (χ0v) is 18.0. The van der Waals surface area contributed by atoms with Gasteiger partial charge in [0.15, 0.2) is 0 Å². The third-order valence-electron chi connectivity index (χ3n) is 6.87. The lowest BCUT2D eigenvalue weighted by molar-refractivity contribution is -0.150. The summed E-state index contributed by atoms with van der Waals surface area (Å²) in [6, 6.07) is 5.38. The smallest absolute Gasteiger partial charge is 0.230 e. The van der Waals surface area contributed by atoms with Crippen molar-refractivity contribution in [2.45, 2.75) is 44.1 Å². The molecule has 0 spiro atoms. The Hall–Kier alpha value is -1.60. The third kappa shape index (κ3) is 2.86. The molecule has 148 valence electrons. The Morgan fingerprint density at radius 1 is 1.32 bits per heavy atom. The summed E-state index contributed by atoms with van der Waals surface area (Å²) in [6.45, 7) is 0. The largest absolute Gasteiger partial charge is 0.495 e. The van der Waals surface area contributed by atoms with E-state index in [0.717, 1.165) is 32.1 Å². The van der Waals surface area contributed by atoms with E-state index in [4.69, 9.17) is 16.3 Å². The number of aromatic nitrogens is 3. The molecular formula is C20H22BrClN4O2. The Morgan fingerprint density at radius 3 is 2.68 bits per heavy atom. The first-order chi connectivity index (χ1) is 13.4. The van der Waals surface area contributed by atoms with Gasteiger partial charge in [-0.2, -0.15) is 0 Å². The summed E-state index contributed by atoms with van der Waals surface area (Å²) in [4.78, 5) is 17.7. The number of ether oxygens (including phenoxy) is 1. The van der Waals surface area contributed by atoms with Crippen LogP contribution in [0.2, 0.25) is 5.02 Å². The van der Waals surface area contributed by atoms with E-state index in [2.05, 4.69) is 31.3 Å². The molecule has 1 aromatic carbocycles. The van der Waals surface area contributed by atoms with Crippen LogP contribution >= 0.6 is 27.5 Å². The highest BCUT2D eigenvalue weighted by molar-refractivity contribution is 9.10. The zero-order chi connectivity index (χ0) is 19.5. The van der Waals surface area contributed by atoms with E-state index in [1.165, 1.54) is 6.42 Å². The standard InChI is InChI=1S/C20H22BrClN4O2/c1-28-16-3-2-14(5-15(16)22)24-17(27)19-6-12-4-13(7-19)9-20(8-12,10-19)26-11-23-18(21)25-26/h2-3,5,11-13H,4,6-10H2,1H3,(H,24,27)/t12-,13-,19?,20?/m1/s1. The summed E-state index contributed by atoms with van der Waals surface area (Å²) in [6.07, 6.45) is 7.94. The quantitative estimate of drug-likeness (QED) is 0.714. The van der Waals surface area contributed by atoms with Gasteiger partial charge in [0, 0.05) is 5.69 Å². The molecule has 8 heteroatoms. The molecule has 6 rings (SSSR count). The van der Waals surface area contributed by atoms with Crippen molar-refractivity contribution < 1.29 is 9.53 Å². The van der Waals surface area contributed by atoms with E-state index < -0.39 is 0 Å². The van der Waals surface area contributed by atoms with Gasteiger partial charge in [-0.05, 0) is 84.5 Å². The Balaban J connectivity index is 1.44. The van der Waals surface area contributed by atoms with Crippen LogP contribution in [-0.4, -0.2) is 27.8 Å². The summed E-state index contributed by atoms with van der Waals surface area (Å²) in [7, 11) is 1.58. The van der Waals surface area contributed by atoms with Gasteiger partial charge >= 0.3 is 0 Å². The molecule has 0 saturated heterocycles. The van der Waals surface area contributed by atoms with E-state index in [1.807, 2.05) is 17.1 Å². The molecule has 2 atom stereocenters. The highest BCUT2D eigenvalue weighted by Crippen LogP contribution is 2.64. The fourth-order valence-electron chi connectivity index (χ4n) is 6.23. The lowest BCUT2D eigenvalue weighted by atomic mass is 9.46. The zero-order valence-electron chi connectivity index (χ0n) is 15.6. The minimum absolute atomic E-state index is 0.0992. The van der Waals surface area contributed by atoms with Crippen LogP contribution in [0.15, 0.2) is 29.3 Å². The molecule has 2 aromatic rings. The fourth-order valence-corrected chi connectivity index (χ4v) is 6.75. The SMILES string of the molecule is COc1ccc(NC(=O)C23C[C@H]4C[C@H](C2)CC(n2cnc(Br)n2)(C4)C3)cc1Cl. The predicted molar refractivity (Wildman–Crippen MR) is 109 cm³/mol. The van der Waals surface area contributed by atoms with Crippen LogP contribution in [0.3, 0.4) is 0 Å². The van der Waals surface area contributed by atoms with E-state index in [0.29, 0.717) is 33.0 Å². The molecule has 0 aliphatic heterocycles. The van der Waals surface area contributed by atoms with Crippen LogP contribution in [0.4, 0.5) is 5.69 Å². The van der Waals surface area contributed by atoms with Crippen molar-refractivity contribution in [3.8, 4) is 5.75 Å². The van der Waals surface area contributed by atoms with E-state index >= 15 is 0 Å². The van der Waals surface area contributed by atoms with Crippen molar-refractivity contribution in [3.63, 3.8) is 0 Å². The fraction of sp³-hybridized carbons (Fsp3) is 0.550. The van der Waals surface area contributed by atoms with Crippen LogP contribution in [0.25, 0.3) is 0 Å². The molecule has 1 amide bonds. The number of nitrogens with one attached hydrogen (secondary N) is 1. The highest BCUT2D eigenvalue weighted by Gasteiger charge is 2.61. The second kappa shape index (κ2) is 6.46. The number of rotatable bonds is 4. The van der Waals surface area contributed by atoms with Gasteiger partial charge in [0.05, 0.1) is 23.1 Å². The van der Waals surface area contributed by atoms with Gasteiger partial charge in [-0.1, -0.05) is 11.6 Å². The topological polar surface area (TPSA) is 69.0 Å². The highest BCUT2D eigenvalue weighted by atomic mass is 79.9. The maximum absolute atomic E-state index is 13.5. The number of anilines is 1. The number of hydrogen-bond donors (Lipinski definition) is 1. The van der Waals surface area contributed by atoms with E-state index in [1.54, 1.807) is 19.2 Å². The first-order valence-corrected chi connectivity index (χ1v) is 10.8. The van der Waals surface area contributed by atoms with Crippen molar-refractivity contribution in [2.75, 3.05) is 12.4 Å². The second-order valence-electron chi connectivity index (χ2n) is 8.73. The second-order valence-corrected chi connectivity index (χ2v) is 9.84. The summed E-state index contributed by atoms with van der Waals surface area (Å²) >= 11 is 9.61. The molecule has 0 radical (unpaired) electrons. The lowest BCUT2D eigenvalue weighted by Crippen LogP contribution is -2.60. The number of carbonyl (C=O) groups is 1. The van der Waals surface area contributed by atoms with Crippen molar-refractivity contribution >= 4 is 39.1 Å². The minimum Gasteiger partial charge on any atom is -0.495 e. The normalized spacial score (nSPS) is 33.1. The Morgan fingerprint density at radius 2 is 2.07 bits per heavy atom. The minimum atomic E-state index is -0.352. The molecule has 4 bridgehead atoms. The van der Waals surface area contributed by atoms with Gasteiger partial charge in [-0.25, -0.2) is 9.67 Å². The Kier molecular flexibility index (Phi) is 4.25. The van der Waals surface area contributed by atoms with Gasteiger partial charge in [-0.3, -0.25) is 4.79 Å². The molecule has 4 aliphatic carbocycles. The molecule has 28 heavy (non-hydrogen) atoms. The molecule has 1 N–H and O–H groups in total. The van der Waals surface area contributed by atoms with Crippen LogP contribution in [0.1, 0.15) is 38.5 Å². The molecule has 4 aliphatic rings. The summed E-state index contributed by atoms with van der Waals surface area (Å²) in [5.74, 6) is 1.83. The van der Waals surface area contributed by atoms with Crippen LogP contribution in [0, 0.1) is 17.3 Å². The number of amides is 1. The van der Waals surface area contributed by atoms with Crippen LogP contribution in [0.5, 0.6) is 5.75 Å². The third-order valence-corrected chi connectivity index (χ3v) is 7.53. The molecule has 1 heterocycles. The number of benzene rings is 1. The summed E-state index contributed by atoms with van der Waals surface area (Å²) < 4.78 is 7.83. The first-order valence-electron chi connectivity index (χ1n) is 9.64. The van der Waals surface area contributed by atoms with Crippen molar-refractivity contribution in [1.29, 1.82) is 0 Å². The monoisotopic (exact) mass is 464 g/mol. The number of halogens is 2. The Bertz CT molecular complexity index is 932. The summed E-state index contributed by atoms with van der Waals surface area (Å²) in [5, 5.41) is 8.19. The molecule has 6 nitrogen and oxygen atoms in total. The molecule has 0 unspecified atom stereocenters. The predicted octanol–water partition coefficient (Wildman–Crippen LogP) is 4.64. The van der Waals surface area contributed by atoms with Crippen molar-refractivity contribution in [1.82, 2.24) is 14.8 Å². The van der Waals surface area contributed by atoms with Gasteiger partial charge in [0.2, 0.25) is 10.6 Å². The van der Waals surface area contributed by atoms with Gasteiger partial charge in [-0.15, -0.1) is 5.10 Å². The van der Waals surface area contributed by atoms with Gasteiger partial charge in [0.1, 0.15) is 12.1 Å². The van der Waals surface area contributed by atoms with E-state index in [-0.39, 0.29) is 16.9 Å². The van der Waals surface area contributed by atoms with Gasteiger partial charge < -0.3 is 10.1 Å². The first kappa shape index (κ1) is 18.4. The van der Waals surface area contributed by atoms with Gasteiger partial charge in [0.25, 0.3) is 0 Å². The number of hydrogen-bond acceptors (Lipinski definition) is 4. The molecule has 1 aromatic heterocycles. The lowest BCUT2D eigenvalue weighted by Gasteiger charge is -2.60. The average Bonchev–Trinajstić information content (AvgIpc) is 3.08.